The van der Waals surface area contributed by atoms with Crippen LogP contribution in [0.1, 0.15) is 81.9 Å². The van der Waals surface area contributed by atoms with E-state index in [-0.39, 0.29) is 24.0 Å². The van der Waals surface area contributed by atoms with E-state index < -0.39 is 35.6 Å². The second kappa shape index (κ2) is 8.71. The van der Waals surface area contributed by atoms with Crippen LogP contribution in [0.15, 0.2) is 30.5 Å². The Hall–Kier alpha value is -4.34. The molecule has 0 spiro atoms. The third-order valence-electron chi connectivity index (χ3n) is 6.72. The van der Waals surface area contributed by atoms with Gasteiger partial charge in [0, 0.05) is 23.7 Å². The number of pyridine rings is 1. The number of anilines is 1. The third kappa shape index (κ3) is 3.74. The lowest BCUT2D eigenvalue weighted by Crippen LogP contribution is -2.54. The fraction of sp³-hybridized carbons (Fsp3) is 0.308. The number of amides is 5. The molecule has 1 saturated heterocycles. The van der Waals surface area contributed by atoms with Gasteiger partial charge in [0.25, 0.3) is 17.7 Å². The number of piperidine rings is 1. The van der Waals surface area contributed by atoms with E-state index in [1.807, 2.05) is 13.0 Å². The molecule has 1 fully saturated rings. The summed E-state index contributed by atoms with van der Waals surface area (Å²) in [5.74, 6) is -2.43. The number of benzene rings is 1. The molecule has 2 aliphatic heterocycles. The summed E-state index contributed by atoms with van der Waals surface area (Å²) < 4.78 is 0. The maximum Gasteiger partial charge on any atom is 0.272 e. The zero-order chi connectivity index (χ0) is 25.7. The highest BCUT2D eigenvalue weighted by molar-refractivity contribution is 6.24. The highest BCUT2D eigenvalue weighted by Gasteiger charge is 2.44. The third-order valence-corrected chi connectivity index (χ3v) is 6.72. The van der Waals surface area contributed by atoms with E-state index in [4.69, 9.17) is 0 Å². The molecule has 184 valence electrons. The number of fused-ring (bicyclic) bond motifs is 2. The second-order valence-corrected chi connectivity index (χ2v) is 9.31. The average molecular weight is 488 g/mol. The Balaban J connectivity index is 1.42. The van der Waals surface area contributed by atoms with Crippen molar-refractivity contribution in [1.82, 2.24) is 20.2 Å². The number of aromatic amines is 1. The Kier molecular flexibility index (Phi) is 5.66. The summed E-state index contributed by atoms with van der Waals surface area (Å²) in [6.07, 6.45) is 2.53. The molecule has 5 amide bonds. The number of carbonyl (C=O) groups is 5. The molecule has 36 heavy (non-hydrogen) atoms. The van der Waals surface area contributed by atoms with Crippen LogP contribution in [0.4, 0.5) is 5.69 Å². The number of rotatable bonds is 5. The maximum absolute atomic E-state index is 13.2. The van der Waals surface area contributed by atoms with E-state index in [2.05, 4.69) is 34.4 Å². The molecule has 2 aromatic heterocycles. The summed E-state index contributed by atoms with van der Waals surface area (Å²) in [6.45, 7) is 6.12. The van der Waals surface area contributed by atoms with Crippen LogP contribution in [0.5, 0.6) is 0 Å². The number of H-pyrrole nitrogens is 1. The van der Waals surface area contributed by atoms with Gasteiger partial charge in [0.1, 0.15) is 17.4 Å². The zero-order valence-corrected chi connectivity index (χ0v) is 20.1. The minimum Gasteiger partial charge on any atom is -0.335 e. The van der Waals surface area contributed by atoms with Crippen LogP contribution < -0.4 is 10.6 Å². The number of aromatic nitrogens is 2. The van der Waals surface area contributed by atoms with Gasteiger partial charge in [-0.2, -0.15) is 0 Å². The van der Waals surface area contributed by atoms with Crippen molar-refractivity contribution in [2.45, 2.75) is 52.0 Å². The van der Waals surface area contributed by atoms with Gasteiger partial charge in [-0.1, -0.05) is 20.8 Å². The molecule has 0 radical (unpaired) electrons. The van der Waals surface area contributed by atoms with E-state index in [0.29, 0.717) is 29.4 Å². The molecule has 10 heteroatoms. The molecule has 3 N–H and O–H groups in total. The van der Waals surface area contributed by atoms with Crippen molar-refractivity contribution in [3.63, 3.8) is 0 Å². The van der Waals surface area contributed by atoms with Crippen molar-refractivity contribution < 1.29 is 24.0 Å². The molecule has 0 aliphatic carbocycles. The first-order chi connectivity index (χ1) is 17.2. The first-order valence-electron chi connectivity index (χ1n) is 11.9. The lowest BCUT2D eigenvalue weighted by Gasteiger charge is -2.27. The maximum atomic E-state index is 13.2. The van der Waals surface area contributed by atoms with Crippen LogP contribution in [-0.4, -0.2) is 50.4 Å². The fourth-order valence-electron chi connectivity index (χ4n) is 4.76. The molecule has 1 atom stereocenters. The minimum absolute atomic E-state index is 0.0445. The van der Waals surface area contributed by atoms with E-state index in [1.54, 1.807) is 12.3 Å². The molecule has 1 unspecified atom stereocenters. The predicted octanol–water partition coefficient (Wildman–Crippen LogP) is 2.90. The molecule has 4 heterocycles. The molecule has 1 aromatic carbocycles. The quantitative estimate of drug-likeness (QED) is 0.473. The Morgan fingerprint density at radius 2 is 1.89 bits per heavy atom. The number of nitrogens with one attached hydrogen (secondary N) is 3. The molecule has 10 nitrogen and oxygen atoms in total. The van der Waals surface area contributed by atoms with Gasteiger partial charge in [0.2, 0.25) is 11.8 Å². The summed E-state index contributed by atoms with van der Waals surface area (Å²) >= 11 is 0. The Morgan fingerprint density at radius 3 is 2.58 bits per heavy atom. The fourth-order valence-corrected chi connectivity index (χ4v) is 4.76. The largest absolute Gasteiger partial charge is 0.335 e. The molecule has 0 bridgehead atoms. The topological polar surface area (TPSA) is 141 Å². The Bertz CT molecular complexity index is 1470. The molecule has 0 saturated carbocycles. The number of imide groups is 2. The normalized spacial score (nSPS) is 17.7. The monoisotopic (exact) mass is 487 g/mol. The summed E-state index contributed by atoms with van der Waals surface area (Å²) in [7, 11) is 0. The van der Waals surface area contributed by atoms with Gasteiger partial charge in [-0.15, -0.1) is 0 Å². The lowest BCUT2D eigenvalue weighted by atomic mass is 10.0. The van der Waals surface area contributed by atoms with Crippen LogP contribution in [-0.2, 0) is 16.0 Å². The summed E-state index contributed by atoms with van der Waals surface area (Å²) in [5.41, 5.74) is 3.50. The lowest BCUT2D eigenvalue weighted by molar-refractivity contribution is -0.136. The molecule has 2 aliphatic rings. The first kappa shape index (κ1) is 23.4. The van der Waals surface area contributed by atoms with Gasteiger partial charge in [-0.05, 0) is 54.2 Å². The van der Waals surface area contributed by atoms with E-state index in [0.717, 1.165) is 21.4 Å². The van der Waals surface area contributed by atoms with Gasteiger partial charge < -0.3 is 10.3 Å². The first-order valence-corrected chi connectivity index (χ1v) is 11.9. The SMILES string of the molecule is CCc1c(C(=O)Nc2ccc3c(c2)C(=O)N(C2CCC(=O)NC2=O)C3=O)[nH]c2ncc(C(C)C)cc12. The summed E-state index contributed by atoms with van der Waals surface area (Å²) in [6, 6.07) is 5.43. The van der Waals surface area contributed by atoms with Gasteiger partial charge in [-0.25, -0.2) is 4.98 Å². The van der Waals surface area contributed by atoms with Crippen molar-refractivity contribution in [3.05, 3.63) is 58.4 Å². The second-order valence-electron chi connectivity index (χ2n) is 9.31. The van der Waals surface area contributed by atoms with Crippen molar-refractivity contribution >= 4 is 46.3 Å². The van der Waals surface area contributed by atoms with E-state index >= 15 is 0 Å². The Morgan fingerprint density at radius 1 is 1.14 bits per heavy atom. The van der Waals surface area contributed by atoms with Gasteiger partial charge in [-0.3, -0.25) is 34.2 Å². The number of aryl methyl sites for hydroxylation is 1. The van der Waals surface area contributed by atoms with E-state index in [1.165, 1.54) is 12.1 Å². The minimum atomic E-state index is -1.05. The molecule has 5 rings (SSSR count). The van der Waals surface area contributed by atoms with Crippen LogP contribution in [0.2, 0.25) is 0 Å². The smallest absolute Gasteiger partial charge is 0.272 e. The number of carbonyl (C=O) groups excluding carboxylic acids is 5. The van der Waals surface area contributed by atoms with Crippen molar-refractivity contribution in [1.29, 1.82) is 0 Å². The summed E-state index contributed by atoms with van der Waals surface area (Å²) in [5, 5.41) is 5.86. The van der Waals surface area contributed by atoms with Crippen LogP contribution in [0.25, 0.3) is 11.0 Å². The standard InChI is InChI=1S/C26H25N5O5/c1-4-15-17-9-13(12(2)3)11-27-22(17)30-21(15)24(34)28-14-5-6-16-18(10-14)26(36)31(25(16)35)19-7-8-20(32)29-23(19)33/h5-6,9-12,19H,4,7-8H2,1-3H3,(H,27,30)(H,28,34)(H,29,32,33). The van der Waals surface area contributed by atoms with Crippen LogP contribution >= 0.6 is 0 Å². The zero-order valence-electron chi connectivity index (χ0n) is 20.1. The van der Waals surface area contributed by atoms with Crippen LogP contribution in [0.3, 0.4) is 0 Å². The number of hydrogen-bond donors (Lipinski definition) is 3. The number of hydrogen-bond acceptors (Lipinski definition) is 6. The summed E-state index contributed by atoms with van der Waals surface area (Å²) in [4.78, 5) is 71.3. The van der Waals surface area contributed by atoms with Crippen LogP contribution in [0, 0.1) is 0 Å². The van der Waals surface area contributed by atoms with Crippen molar-refractivity contribution in [2.24, 2.45) is 0 Å². The van der Waals surface area contributed by atoms with Gasteiger partial charge in [0.05, 0.1) is 11.1 Å². The Labute approximate surface area is 206 Å². The molecule has 3 aromatic rings. The predicted molar refractivity (Wildman–Crippen MR) is 131 cm³/mol. The highest BCUT2D eigenvalue weighted by Crippen LogP contribution is 2.30. The highest BCUT2D eigenvalue weighted by atomic mass is 16.2. The molecular weight excluding hydrogens is 462 g/mol. The van der Waals surface area contributed by atoms with E-state index in [9.17, 15) is 24.0 Å². The number of nitrogens with zero attached hydrogens (tertiary/aromatic N) is 2. The van der Waals surface area contributed by atoms with Gasteiger partial charge >= 0.3 is 0 Å². The average Bonchev–Trinajstić information content (AvgIpc) is 3.33. The van der Waals surface area contributed by atoms with Gasteiger partial charge in [0.15, 0.2) is 0 Å². The van der Waals surface area contributed by atoms with Crippen molar-refractivity contribution in [2.75, 3.05) is 5.32 Å². The van der Waals surface area contributed by atoms with Crippen molar-refractivity contribution in [3.8, 4) is 0 Å². The molecular formula is C26H25N5O5.